The van der Waals surface area contributed by atoms with Crippen molar-refractivity contribution in [3.8, 4) is 0 Å². The SMILES string of the molecule is CC1CCCN1c1nccc(Cl)n1. The van der Waals surface area contributed by atoms with Gasteiger partial charge < -0.3 is 4.90 Å². The van der Waals surface area contributed by atoms with Gasteiger partial charge in [0.15, 0.2) is 0 Å². The summed E-state index contributed by atoms with van der Waals surface area (Å²) in [6.45, 7) is 3.23. The predicted octanol–water partition coefficient (Wildman–Crippen LogP) is 2.12. The van der Waals surface area contributed by atoms with Crippen LogP contribution in [0.15, 0.2) is 12.3 Å². The molecule has 0 N–H and O–H groups in total. The summed E-state index contributed by atoms with van der Waals surface area (Å²) in [5.74, 6) is 0.762. The van der Waals surface area contributed by atoms with Crippen molar-refractivity contribution in [3.63, 3.8) is 0 Å². The zero-order valence-corrected chi connectivity index (χ0v) is 8.33. The summed E-state index contributed by atoms with van der Waals surface area (Å²) >= 11 is 5.79. The molecule has 1 fully saturated rings. The third-order valence-corrected chi connectivity index (χ3v) is 2.63. The Morgan fingerprint density at radius 2 is 2.46 bits per heavy atom. The number of aromatic nitrogens is 2. The van der Waals surface area contributed by atoms with Crippen molar-refractivity contribution in [2.75, 3.05) is 11.4 Å². The van der Waals surface area contributed by atoms with Gasteiger partial charge in [-0.3, -0.25) is 0 Å². The maximum atomic E-state index is 5.79. The fourth-order valence-corrected chi connectivity index (χ4v) is 1.83. The van der Waals surface area contributed by atoms with Crippen LogP contribution in [0.2, 0.25) is 5.15 Å². The van der Waals surface area contributed by atoms with E-state index in [1.54, 1.807) is 12.3 Å². The summed E-state index contributed by atoms with van der Waals surface area (Å²) in [6, 6.07) is 2.24. The number of anilines is 1. The maximum absolute atomic E-state index is 5.79. The molecule has 1 aliphatic heterocycles. The lowest BCUT2D eigenvalue weighted by Crippen LogP contribution is -2.28. The van der Waals surface area contributed by atoms with E-state index in [-0.39, 0.29) is 0 Å². The first-order valence-electron chi connectivity index (χ1n) is 4.52. The van der Waals surface area contributed by atoms with Crippen LogP contribution in [0.25, 0.3) is 0 Å². The van der Waals surface area contributed by atoms with E-state index < -0.39 is 0 Å². The van der Waals surface area contributed by atoms with E-state index in [2.05, 4.69) is 21.8 Å². The molecule has 0 bridgehead atoms. The van der Waals surface area contributed by atoms with Crippen LogP contribution < -0.4 is 4.90 Å². The molecule has 1 unspecified atom stereocenters. The van der Waals surface area contributed by atoms with Crippen LogP contribution in [0.1, 0.15) is 19.8 Å². The second-order valence-electron chi connectivity index (χ2n) is 3.36. The van der Waals surface area contributed by atoms with Crippen molar-refractivity contribution in [2.45, 2.75) is 25.8 Å². The summed E-state index contributed by atoms with van der Waals surface area (Å²) in [5, 5.41) is 0.518. The minimum absolute atomic E-state index is 0.518. The van der Waals surface area contributed by atoms with E-state index >= 15 is 0 Å². The molecule has 0 spiro atoms. The van der Waals surface area contributed by atoms with E-state index in [0.717, 1.165) is 12.5 Å². The van der Waals surface area contributed by atoms with Gasteiger partial charge in [-0.15, -0.1) is 0 Å². The molecule has 1 aromatic rings. The Morgan fingerprint density at radius 1 is 1.62 bits per heavy atom. The summed E-state index contributed by atoms with van der Waals surface area (Å²) in [4.78, 5) is 10.6. The van der Waals surface area contributed by atoms with Gasteiger partial charge in [0, 0.05) is 18.8 Å². The van der Waals surface area contributed by atoms with Gasteiger partial charge in [-0.1, -0.05) is 11.6 Å². The van der Waals surface area contributed by atoms with Crippen LogP contribution in [-0.4, -0.2) is 22.6 Å². The van der Waals surface area contributed by atoms with Crippen molar-refractivity contribution in [2.24, 2.45) is 0 Å². The second-order valence-corrected chi connectivity index (χ2v) is 3.75. The lowest BCUT2D eigenvalue weighted by atomic mass is 10.2. The number of hydrogen-bond acceptors (Lipinski definition) is 3. The monoisotopic (exact) mass is 197 g/mol. The molecule has 1 atom stereocenters. The van der Waals surface area contributed by atoms with Crippen LogP contribution in [0.4, 0.5) is 5.95 Å². The van der Waals surface area contributed by atoms with Gasteiger partial charge in [0.1, 0.15) is 5.15 Å². The Bertz CT molecular complexity index is 303. The quantitative estimate of drug-likeness (QED) is 0.646. The predicted molar refractivity (Wildman–Crippen MR) is 53.1 cm³/mol. The highest BCUT2D eigenvalue weighted by atomic mass is 35.5. The molecule has 13 heavy (non-hydrogen) atoms. The van der Waals surface area contributed by atoms with Crippen molar-refractivity contribution in [1.82, 2.24) is 9.97 Å². The van der Waals surface area contributed by atoms with E-state index in [0.29, 0.717) is 11.2 Å². The zero-order valence-electron chi connectivity index (χ0n) is 7.57. The first-order valence-corrected chi connectivity index (χ1v) is 4.90. The Balaban J connectivity index is 2.24. The molecule has 0 radical (unpaired) electrons. The fraction of sp³-hybridized carbons (Fsp3) is 0.556. The normalized spacial score (nSPS) is 22.3. The Morgan fingerprint density at radius 3 is 3.08 bits per heavy atom. The molecule has 3 nitrogen and oxygen atoms in total. The fourth-order valence-electron chi connectivity index (χ4n) is 1.70. The third-order valence-electron chi connectivity index (χ3n) is 2.42. The summed E-state index contributed by atoms with van der Waals surface area (Å²) in [6.07, 6.45) is 4.14. The van der Waals surface area contributed by atoms with Gasteiger partial charge in [-0.2, -0.15) is 0 Å². The molecule has 0 aromatic carbocycles. The van der Waals surface area contributed by atoms with Crippen molar-refractivity contribution in [3.05, 3.63) is 17.4 Å². The Hall–Kier alpha value is -0.830. The molecule has 70 valence electrons. The third kappa shape index (κ3) is 1.75. The van der Waals surface area contributed by atoms with Crippen LogP contribution >= 0.6 is 11.6 Å². The van der Waals surface area contributed by atoms with Gasteiger partial charge in [0.05, 0.1) is 0 Å². The Labute approximate surface area is 82.8 Å². The van der Waals surface area contributed by atoms with E-state index in [1.807, 2.05) is 0 Å². The number of halogens is 1. The van der Waals surface area contributed by atoms with Crippen molar-refractivity contribution >= 4 is 17.5 Å². The van der Waals surface area contributed by atoms with Gasteiger partial charge in [0.25, 0.3) is 0 Å². The molecular formula is C9H12ClN3. The number of hydrogen-bond donors (Lipinski definition) is 0. The smallest absolute Gasteiger partial charge is 0.226 e. The van der Waals surface area contributed by atoms with Gasteiger partial charge in [0.2, 0.25) is 5.95 Å². The van der Waals surface area contributed by atoms with E-state index in [9.17, 15) is 0 Å². The van der Waals surface area contributed by atoms with Crippen LogP contribution in [0, 0.1) is 0 Å². The molecule has 2 heterocycles. The molecule has 0 aliphatic carbocycles. The summed E-state index contributed by atoms with van der Waals surface area (Å²) in [7, 11) is 0. The topological polar surface area (TPSA) is 29.0 Å². The molecule has 4 heteroatoms. The lowest BCUT2D eigenvalue weighted by molar-refractivity contribution is 0.717. The van der Waals surface area contributed by atoms with Gasteiger partial charge in [-0.25, -0.2) is 9.97 Å². The average molecular weight is 198 g/mol. The zero-order chi connectivity index (χ0) is 9.26. The highest BCUT2D eigenvalue weighted by Crippen LogP contribution is 2.22. The molecule has 2 rings (SSSR count). The molecule has 1 aliphatic rings. The largest absolute Gasteiger partial charge is 0.338 e. The molecular weight excluding hydrogens is 186 g/mol. The molecule has 1 aromatic heterocycles. The van der Waals surface area contributed by atoms with E-state index in [1.165, 1.54) is 12.8 Å². The number of rotatable bonds is 1. The first-order chi connectivity index (χ1) is 6.27. The van der Waals surface area contributed by atoms with Crippen LogP contribution in [-0.2, 0) is 0 Å². The van der Waals surface area contributed by atoms with Crippen LogP contribution in [0.5, 0.6) is 0 Å². The highest BCUT2D eigenvalue weighted by Gasteiger charge is 2.22. The maximum Gasteiger partial charge on any atom is 0.226 e. The number of nitrogens with zero attached hydrogens (tertiary/aromatic N) is 3. The first kappa shape index (κ1) is 8.75. The Kier molecular flexibility index (Phi) is 2.36. The minimum Gasteiger partial charge on any atom is -0.338 e. The highest BCUT2D eigenvalue weighted by molar-refractivity contribution is 6.29. The molecule has 1 saturated heterocycles. The van der Waals surface area contributed by atoms with Crippen molar-refractivity contribution in [1.29, 1.82) is 0 Å². The van der Waals surface area contributed by atoms with Gasteiger partial charge >= 0.3 is 0 Å². The van der Waals surface area contributed by atoms with E-state index in [4.69, 9.17) is 11.6 Å². The van der Waals surface area contributed by atoms with Crippen molar-refractivity contribution < 1.29 is 0 Å². The summed E-state index contributed by atoms with van der Waals surface area (Å²) in [5.41, 5.74) is 0. The minimum atomic E-state index is 0.518. The lowest BCUT2D eigenvalue weighted by Gasteiger charge is -2.20. The average Bonchev–Trinajstić information content (AvgIpc) is 2.51. The summed E-state index contributed by atoms with van der Waals surface area (Å²) < 4.78 is 0. The van der Waals surface area contributed by atoms with Crippen LogP contribution in [0.3, 0.4) is 0 Å². The standard InChI is InChI=1S/C9H12ClN3/c1-7-3-2-6-13(7)9-11-5-4-8(10)12-9/h4-5,7H,2-3,6H2,1H3. The van der Waals surface area contributed by atoms with Gasteiger partial charge in [-0.05, 0) is 25.8 Å². The second kappa shape index (κ2) is 3.50. The molecule has 0 amide bonds. The molecule has 0 saturated carbocycles.